The molecule has 1 aromatic carbocycles. The summed E-state index contributed by atoms with van der Waals surface area (Å²) in [5.74, 6) is 2.02. The van der Waals surface area contributed by atoms with Gasteiger partial charge in [0.15, 0.2) is 0 Å². The molecule has 0 bridgehead atoms. The lowest BCUT2D eigenvalue weighted by Gasteiger charge is -2.23. The van der Waals surface area contributed by atoms with Gasteiger partial charge in [-0.05, 0) is 56.0 Å². The van der Waals surface area contributed by atoms with Gasteiger partial charge in [0.2, 0.25) is 0 Å². The van der Waals surface area contributed by atoms with Gasteiger partial charge in [-0.1, -0.05) is 0 Å². The number of ether oxygens (including phenoxy) is 1. The molecule has 3 saturated heterocycles. The number of benzene rings is 1. The Labute approximate surface area is 165 Å². The summed E-state index contributed by atoms with van der Waals surface area (Å²) in [4.78, 5) is 28.7. The van der Waals surface area contributed by atoms with E-state index in [2.05, 4.69) is 10.6 Å². The van der Waals surface area contributed by atoms with Crippen molar-refractivity contribution < 1.29 is 14.3 Å². The van der Waals surface area contributed by atoms with E-state index in [1.54, 1.807) is 30.2 Å². The van der Waals surface area contributed by atoms with Crippen LogP contribution in [0.2, 0.25) is 0 Å². The maximum atomic E-state index is 13.1. The zero-order valence-corrected chi connectivity index (χ0v) is 16.4. The van der Waals surface area contributed by atoms with Crippen LogP contribution in [-0.4, -0.2) is 63.2 Å². The third kappa shape index (κ3) is 3.84. The second-order valence-corrected chi connectivity index (χ2v) is 7.32. The summed E-state index contributed by atoms with van der Waals surface area (Å²) < 4.78 is 5.40. The molecule has 0 aromatic heterocycles. The van der Waals surface area contributed by atoms with Gasteiger partial charge in [0.25, 0.3) is 5.91 Å². The molecule has 8 heteroatoms. The molecule has 3 heterocycles. The Kier molecular flexibility index (Phi) is 6.11. The van der Waals surface area contributed by atoms with Gasteiger partial charge in [-0.15, -0.1) is 12.4 Å². The van der Waals surface area contributed by atoms with Gasteiger partial charge in [-0.25, -0.2) is 4.79 Å². The predicted molar refractivity (Wildman–Crippen MR) is 106 cm³/mol. The summed E-state index contributed by atoms with van der Waals surface area (Å²) in [5.41, 5.74) is 1.27. The van der Waals surface area contributed by atoms with Crippen LogP contribution in [0.3, 0.4) is 0 Å². The zero-order chi connectivity index (χ0) is 18.1. The third-order valence-electron chi connectivity index (χ3n) is 5.88. The van der Waals surface area contributed by atoms with Gasteiger partial charge in [0.05, 0.1) is 12.8 Å². The summed E-state index contributed by atoms with van der Waals surface area (Å²) in [6.45, 7) is 4.92. The lowest BCUT2D eigenvalue weighted by atomic mass is 9.92. The second-order valence-electron chi connectivity index (χ2n) is 7.32. The van der Waals surface area contributed by atoms with Crippen LogP contribution in [0.15, 0.2) is 18.2 Å². The van der Waals surface area contributed by atoms with Crippen LogP contribution in [0.4, 0.5) is 10.5 Å². The molecule has 148 valence electrons. The Hall–Kier alpha value is -1.99. The molecular weight excluding hydrogens is 368 g/mol. The van der Waals surface area contributed by atoms with Crippen molar-refractivity contribution in [1.82, 2.24) is 15.5 Å². The molecule has 0 aliphatic carbocycles. The van der Waals surface area contributed by atoms with Crippen molar-refractivity contribution in [2.75, 3.05) is 51.3 Å². The number of likely N-dealkylation sites (tertiary alicyclic amines) is 1. The molecule has 0 saturated carbocycles. The molecule has 2 N–H and O–H groups in total. The fourth-order valence-corrected chi connectivity index (χ4v) is 4.34. The average Bonchev–Trinajstić information content (AvgIpc) is 3.25. The van der Waals surface area contributed by atoms with Crippen molar-refractivity contribution in [2.45, 2.75) is 12.8 Å². The second kappa shape index (κ2) is 8.35. The minimum absolute atomic E-state index is 0. The smallest absolute Gasteiger partial charge is 0.322 e. The number of carbonyl (C=O) groups is 2. The normalized spacial score (nSPS) is 24.7. The van der Waals surface area contributed by atoms with Gasteiger partial charge in [0.1, 0.15) is 5.75 Å². The van der Waals surface area contributed by atoms with E-state index < -0.39 is 0 Å². The molecular formula is C19H27ClN4O3. The minimum Gasteiger partial charge on any atom is -0.495 e. The van der Waals surface area contributed by atoms with Crippen molar-refractivity contribution in [2.24, 2.45) is 11.8 Å². The number of hydrogen-bond acceptors (Lipinski definition) is 4. The van der Waals surface area contributed by atoms with E-state index in [0.29, 0.717) is 41.9 Å². The highest BCUT2D eigenvalue weighted by Crippen LogP contribution is 2.32. The maximum absolute atomic E-state index is 13.1. The molecule has 27 heavy (non-hydrogen) atoms. The Morgan fingerprint density at radius 3 is 2.44 bits per heavy atom. The fourth-order valence-electron chi connectivity index (χ4n) is 4.34. The molecule has 3 fully saturated rings. The van der Waals surface area contributed by atoms with E-state index in [1.165, 1.54) is 0 Å². The predicted octanol–water partition coefficient (Wildman–Crippen LogP) is 1.72. The number of nitrogens with zero attached hydrogens (tertiary/aromatic N) is 2. The molecule has 2 atom stereocenters. The lowest BCUT2D eigenvalue weighted by molar-refractivity contribution is 0.0758. The number of anilines is 1. The van der Waals surface area contributed by atoms with Crippen LogP contribution in [0, 0.1) is 11.8 Å². The SMILES string of the molecule is COc1ccc(C(=O)N2CC[C@@H]3CNC[C@@H]3CC2)cc1N1CCNC1=O.Cl. The molecule has 7 nitrogen and oxygen atoms in total. The van der Waals surface area contributed by atoms with E-state index >= 15 is 0 Å². The first kappa shape index (κ1) is 19.8. The number of carbonyl (C=O) groups excluding carboxylic acids is 2. The number of hydrogen-bond donors (Lipinski definition) is 2. The van der Waals surface area contributed by atoms with Crippen LogP contribution in [-0.2, 0) is 0 Å². The zero-order valence-electron chi connectivity index (χ0n) is 15.6. The quantitative estimate of drug-likeness (QED) is 0.818. The third-order valence-corrected chi connectivity index (χ3v) is 5.88. The van der Waals surface area contributed by atoms with Gasteiger partial charge in [-0.3, -0.25) is 9.69 Å². The van der Waals surface area contributed by atoms with Crippen LogP contribution in [0.5, 0.6) is 5.75 Å². The largest absolute Gasteiger partial charge is 0.495 e. The summed E-state index contributed by atoms with van der Waals surface area (Å²) in [6, 6.07) is 5.22. The average molecular weight is 395 g/mol. The highest BCUT2D eigenvalue weighted by Gasteiger charge is 2.32. The standard InChI is InChI=1S/C19H26N4O3.ClH/c1-26-17-3-2-13(10-16(17)23-9-6-21-19(23)25)18(24)22-7-4-14-11-20-12-15(14)5-8-22;/h2-3,10,14-15,20H,4-9,11-12H2,1H3,(H,21,25);1H/t14-,15+;. The minimum atomic E-state index is -0.150. The van der Waals surface area contributed by atoms with Crippen molar-refractivity contribution in [1.29, 1.82) is 0 Å². The fraction of sp³-hybridized carbons (Fsp3) is 0.579. The van der Waals surface area contributed by atoms with Gasteiger partial charge >= 0.3 is 6.03 Å². The topological polar surface area (TPSA) is 73.9 Å². The number of amides is 3. The first-order valence-electron chi connectivity index (χ1n) is 9.41. The first-order valence-corrected chi connectivity index (χ1v) is 9.41. The van der Waals surface area contributed by atoms with E-state index in [4.69, 9.17) is 4.74 Å². The Morgan fingerprint density at radius 2 is 1.85 bits per heavy atom. The van der Waals surface area contributed by atoms with Crippen LogP contribution in [0.1, 0.15) is 23.2 Å². The van der Waals surface area contributed by atoms with Gasteiger partial charge in [0, 0.05) is 31.7 Å². The molecule has 0 spiro atoms. The number of nitrogens with one attached hydrogen (secondary N) is 2. The van der Waals surface area contributed by atoms with Crippen molar-refractivity contribution in [3.05, 3.63) is 23.8 Å². The molecule has 0 unspecified atom stereocenters. The van der Waals surface area contributed by atoms with Crippen molar-refractivity contribution in [3.8, 4) is 5.75 Å². The molecule has 0 radical (unpaired) electrons. The number of rotatable bonds is 3. The van der Waals surface area contributed by atoms with Gasteiger partial charge in [-0.2, -0.15) is 0 Å². The summed E-state index contributed by atoms with van der Waals surface area (Å²) in [6.07, 6.45) is 2.11. The van der Waals surface area contributed by atoms with Gasteiger partial charge < -0.3 is 20.3 Å². The Morgan fingerprint density at radius 1 is 1.15 bits per heavy atom. The van der Waals surface area contributed by atoms with E-state index in [-0.39, 0.29) is 24.3 Å². The van der Waals surface area contributed by atoms with E-state index in [0.717, 1.165) is 39.0 Å². The Bertz CT molecular complexity index is 700. The number of methoxy groups -OCH3 is 1. The van der Waals surface area contributed by atoms with Crippen LogP contribution < -0.4 is 20.3 Å². The van der Waals surface area contributed by atoms with Crippen molar-refractivity contribution >= 4 is 30.0 Å². The molecule has 4 rings (SSSR count). The highest BCUT2D eigenvalue weighted by atomic mass is 35.5. The first-order chi connectivity index (χ1) is 12.7. The highest BCUT2D eigenvalue weighted by molar-refractivity contribution is 5.99. The maximum Gasteiger partial charge on any atom is 0.322 e. The van der Waals surface area contributed by atoms with E-state index in [1.807, 2.05) is 4.90 Å². The molecule has 3 aliphatic rings. The van der Waals surface area contributed by atoms with Crippen LogP contribution in [0.25, 0.3) is 0 Å². The molecule has 1 aromatic rings. The van der Waals surface area contributed by atoms with Crippen LogP contribution >= 0.6 is 12.4 Å². The van der Waals surface area contributed by atoms with Crippen molar-refractivity contribution in [3.63, 3.8) is 0 Å². The summed E-state index contributed by atoms with van der Waals surface area (Å²) in [5, 5.41) is 6.26. The summed E-state index contributed by atoms with van der Waals surface area (Å²) >= 11 is 0. The van der Waals surface area contributed by atoms with E-state index in [9.17, 15) is 9.59 Å². The monoisotopic (exact) mass is 394 g/mol. The summed E-state index contributed by atoms with van der Waals surface area (Å²) in [7, 11) is 1.58. The lowest BCUT2D eigenvalue weighted by Crippen LogP contribution is -2.33. The molecule has 3 aliphatic heterocycles. The number of urea groups is 1. The molecule has 3 amide bonds. The Balaban J connectivity index is 0.00000210. The number of halogens is 1. The number of fused-ring (bicyclic) bond motifs is 1.